The van der Waals surface area contributed by atoms with Crippen LogP contribution in [-0.2, 0) is 0 Å². The van der Waals surface area contributed by atoms with Crippen molar-refractivity contribution in [2.75, 3.05) is 5.73 Å². The van der Waals surface area contributed by atoms with Gasteiger partial charge in [0.25, 0.3) is 0 Å². The molecule has 0 aliphatic carbocycles. The Balaban J connectivity index is 2.44. The van der Waals surface area contributed by atoms with E-state index in [9.17, 15) is 4.79 Å². The van der Waals surface area contributed by atoms with Crippen molar-refractivity contribution in [2.24, 2.45) is 0 Å². The first-order valence-corrected chi connectivity index (χ1v) is 5.69. The predicted octanol–water partition coefficient (Wildman–Crippen LogP) is 3.81. The summed E-state index contributed by atoms with van der Waals surface area (Å²) in [7, 11) is 0. The number of anilines is 1. The SMILES string of the molecule is Nc1cc(C(=O)c2ccccc2Cl)ccc1Cl. The van der Waals surface area contributed by atoms with Gasteiger partial charge in [0.05, 0.1) is 15.7 Å². The zero-order valence-electron chi connectivity index (χ0n) is 8.78. The van der Waals surface area contributed by atoms with Crippen molar-refractivity contribution in [3.8, 4) is 0 Å². The third kappa shape index (κ3) is 2.43. The monoisotopic (exact) mass is 265 g/mol. The van der Waals surface area contributed by atoms with Crippen molar-refractivity contribution in [2.45, 2.75) is 0 Å². The van der Waals surface area contributed by atoms with Gasteiger partial charge in [0.1, 0.15) is 0 Å². The average Bonchev–Trinajstić information content (AvgIpc) is 2.32. The van der Waals surface area contributed by atoms with Gasteiger partial charge in [-0.3, -0.25) is 4.79 Å². The highest BCUT2D eigenvalue weighted by atomic mass is 35.5. The standard InChI is InChI=1S/C13H9Cl2NO/c14-10-4-2-1-3-9(10)13(17)8-5-6-11(15)12(16)7-8/h1-7H,16H2. The molecule has 0 spiro atoms. The highest BCUT2D eigenvalue weighted by Crippen LogP contribution is 2.23. The van der Waals surface area contributed by atoms with E-state index in [0.717, 1.165) is 0 Å². The first kappa shape index (κ1) is 12.0. The van der Waals surface area contributed by atoms with Gasteiger partial charge in [0.15, 0.2) is 5.78 Å². The molecule has 2 N–H and O–H groups in total. The minimum atomic E-state index is -0.168. The fourth-order valence-corrected chi connectivity index (χ4v) is 1.82. The van der Waals surface area contributed by atoms with Crippen molar-refractivity contribution >= 4 is 34.7 Å². The molecule has 0 amide bonds. The number of nitrogens with two attached hydrogens (primary N) is 1. The second-order valence-electron chi connectivity index (χ2n) is 3.55. The molecule has 0 fully saturated rings. The minimum absolute atomic E-state index is 0.168. The number of hydrogen-bond acceptors (Lipinski definition) is 2. The predicted molar refractivity (Wildman–Crippen MR) is 70.7 cm³/mol. The van der Waals surface area contributed by atoms with Gasteiger partial charge in [0.2, 0.25) is 0 Å². The molecule has 4 heteroatoms. The number of rotatable bonds is 2. The van der Waals surface area contributed by atoms with E-state index in [4.69, 9.17) is 28.9 Å². The van der Waals surface area contributed by atoms with E-state index in [1.165, 1.54) is 0 Å². The van der Waals surface area contributed by atoms with E-state index in [1.807, 2.05) is 0 Å². The quantitative estimate of drug-likeness (QED) is 0.663. The van der Waals surface area contributed by atoms with Gasteiger partial charge in [-0.15, -0.1) is 0 Å². The number of halogens is 2. The van der Waals surface area contributed by atoms with Crippen LogP contribution in [0.1, 0.15) is 15.9 Å². The van der Waals surface area contributed by atoms with Gasteiger partial charge in [-0.2, -0.15) is 0 Å². The first-order chi connectivity index (χ1) is 8.09. The average molecular weight is 266 g/mol. The van der Waals surface area contributed by atoms with Crippen LogP contribution in [-0.4, -0.2) is 5.78 Å². The highest BCUT2D eigenvalue weighted by molar-refractivity contribution is 6.35. The molecule has 86 valence electrons. The van der Waals surface area contributed by atoms with E-state index < -0.39 is 0 Å². The molecule has 0 saturated carbocycles. The smallest absolute Gasteiger partial charge is 0.194 e. The molecule has 2 nitrogen and oxygen atoms in total. The molecular weight excluding hydrogens is 257 g/mol. The number of carbonyl (C=O) groups is 1. The zero-order valence-corrected chi connectivity index (χ0v) is 10.3. The molecule has 0 aromatic heterocycles. The Morgan fingerprint density at radius 2 is 1.71 bits per heavy atom. The largest absolute Gasteiger partial charge is 0.398 e. The Morgan fingerprint density at radius 3 is 2.35 bits per heavy atom. The molecule has 0 bridgehead atoms. The second kappa shape index (κ2) is 4.78. The Morgan fingerprint density at radius 1 is 1.00 bits per heavy atom. The van der Waals surface area contributed by atoms with E-state index in [1.54, 1.807) is 42.5 Å². The molecule has 2 aromatic carbocycles. The van der Waals surface area contributed by atoms with Crippen molar-refractivity contribution in [1.29, 1.82) is 0 Å². The van der Waals surface area contributed by atoms with Crippen LogP contribution in [0.4, 0.5) is 5.69 Å². The molecule has 2 aromatic rings. The van der Waals surface area contributed by atoms with Gasteiger partial charge >= 0.3 is 0 Å². The third-order valence-electron chi connectivity index (χ3n) is 2.38. The van der Waals surface area contributed by atoms with Crippen LogP contribution in [0, 0.1) is 0 Å². The summed E-state index contributed by atoms with van der Waals surface area (Å²) in [6, 6.07) is 11.7. The molecule has 2 rings (SSSR count). The number of nitrogen functional groups attached to an aromatic ring is 1. The van der Waals surface area contributed by atoms with Crippen molar-refractivity contribution in [3.63, 3.8) is 0 Å². The maximum absolute atomic E-state index is 12.1. The number of ketones is 1. The molecule has 17 heavy (non-hydrogen) atoms. The van der Waals surface area contributed by atoms with Gasteiger partial charge < -0.3 is 5.73 Å². The topological polar surface area (TPSA) is 43.1 Å². The summed E-state index contributed by atoms with van der Waals surface area (Å²) in [5, 5.41) is 0.853. The third-order valence-corrected chi connectivity index (χ3v) is 3.05. The Hall–Kier alpha value is -1.51. The lowest BCUT2D eigenvalue weighted by Gasteiger charge is -2.05. The van der Waals surface area contributed by atoms with Gasteiger partial charge in [0, 0.05) is 11.1 Å². The Bertz CT molecular complexity index is 581. The molecule has 0 atom stereocenters. The van der Waals surface area contributed by atoms with Crippen molar-refractivity contribution in [3.05, 3.63) is 63.6 Å². The van der Waals surface area contributed by atoms with E-state index in [-0.39, 0.29) is 5.78 Å². The fourth-order valence-electron chi connectivity index (χ4n) is 1.49. The fraction of sp³-hybridized carbons (Fsp3) is 0. The minimum Gasteiger partial charge on any atom is -0.398 e. The van der Waals surface area contributed by atoms with Crippen LogP contribution < -0.4 is 5.73 Å². The number of hydrogen-bond donors (Lipinski definition) is 1. The maximum Gasteiger partial charge on any atom is 0.194 e. The Labute approximate surface area is 109 Å². The summed E-state index contributed by atoms with van der Waals surface area (Å²) in [6.07, 6.45) is 0. The molecule has 0 radical (unpaired) electrons. The maximum atomic E-state index is 12.1. The van der Waals surface area contributed by atoms with Crippen LogP contribution in [0.15, 0.2) is 42.5 Å². The van der Waals surface area contributed by atoms with Crippen LogP contribution in [0.2, 0.25) is 10.0 Å². The van der Waals surface area contributed by atoms with E-state index in [2.05, 4.69) is 0 Å². The van der Waals surface area contributed by atoms with Gasteiger partial charge in [-0.1, -0.05) is 35.3 Å². The number of benzene rings is 2. The first-order valence-electron chi connectivity index (χ1n) is 4.94. The Kier molecular flexibility index (Phi) is 3.36. The normalized spacial score (nSPS) is 10.2. The molecule has 0 aliphatic heterocycles. The van der Waals surface area contributed by atoms with Crippen molar-refractivity contribution in [1.82, 2.24) is 0 Å². The molecule has 0 heterocycles. The molecule has 0 aliphatic rings. The van der Waals surface area contributed by atoms with Crippen LogP contribution in [0.3, 0.4) is 0 Å². The van der Waals surface area contributed by atoms with Gasteiger partial charge in [-0.05, 0) is 30.3 Å². The summed E-state index contributed by atoms with van der Waals surface area (Å²) < 4.78 is 0. The summed E-state index contributed by atoms with van der Waals surface area (Å²) in [5.74, 6) is -0.168. The lowest BCUT2D eigenvalue weighted by atomic mass is 10.0. The second-order valence-corrected chi connectivity index (χ2v) is 4.36. The molecule has 0 unspecified atom stereocenters. The summed E-state index contributed by atoms with van der Waals surface area (Å²) in [5.41, 5.74) is 6.96. The number of carbonyl (C=O) groups excluding carboxylic acids is 1. The van der Waals surface area contributed by atoms with Gasteiger partial charge in [-0.25, -0.2) is 0 Å². The summed E-state index contributed by atoms with van der Waals surface area (Å²) in [6.45, 7) is 0. The zero-order chi connectivity index (χ0) is 12.4. The lowest BCUT2D eigenvalue weighted by molar-refractivity contribution is 0.103. The van der Waals surface area contributed by atoms with Crippen LogP contribution >= 0.6 is 23.2 Å². The molecular formula is C13H9Cl2NO. The molecule has 0 saturated heterocycles. The summed E-state index contributed by atoms with van der Waals surface area (Å²) >= 11 is 11.8. The van der Waals surface area contributed by atoms with Crippen LogP contribution in [0.25, 0.3) is 0 Å². The highest BCUT2D eigenvalue weighted by Gasteiger charge is 2.13. The van der Waals surface area contributed by atoms with E-state index >= 15 is 0 Å². The lowest BCUT2D eigenvalue weighted by Crippen LogP contribution is -2.03. The van der Waals surface area contributed by atoms with Crippen molar-refractivity contribution < 1.29 is 4.79 Å². The summed E-state index contributed by atoms with van der Waals surface area (Å²) in [4.78, 5) is 12.1. The van der Waals surface area contributed by atoms with Crippen LogP contribution in [0.5, 0.6) is 0 Å². The van der Waals surface area contributed by atoms with E-state index in [0.29, 0.717) is 26.9 Å².